The highest BCUT2D eigenvalue weighted by Gasteiger charge is 2.29. The van der Waals surface area contributed by atoms with Crippen molar-refractivity contribution >= 4 is 16.7 Å². The molecular formula is C19H19N3O2. The third-order valence-corrected chi connectivity index (χ3v) is 4.40. The minimum atomic E-state index is -0.431. The Kier molecular flexibility index (Phi) is 3.91. The summed E-state index contributed by atoms with van der Waals surface area (Å²) >= 11 is 0. The van der Waals surface area contributed by atoms with Gasteiger partial charge < -0.3 is 14.6 Å². The number of rotatable bonds is 5. The molecule has 0 fully saturated rings. The summed E-state index contributed by atoms with van der Waals surface area (Å²) in [7, 11) is 0. The molecule has 1 N–H and O–H groups in total. The Balaban J connectivity index is 1.35. The van der Waals surface area contributed by atoms with Crippen LogP contribution in [0.2, 0.25) is 0 Å². The topological polar surface area (TPSA) is 56.2 Å². The number of benzene rings is 2. The number of ether oxygens (including phenoxy) is 1. The highest BCUT2D eigenvalue weighted by molar-refractivity contribution is 5.90. The summed E-state index contributed by atoms with van der Waals surface area (Å²) in [6.07, 6.45) is 6.52. The van der Waals surface area contributed by atoms with Gasteiger partial charge in [-0.3, -0.25) is 4.79 Å². The third kappa shape index (κ3) is 2.85. The largest absolute Gasteiger partial charge is 0.480 e. The van der Waals surface area contributed by atoms with Crippen LogP contribution in [0, 0.1) is 0 Å². The number of imidazole rings is 1. The second-order valence-electron chi connectivity index (χ2n) is 6.02. The number of fused-ring (bicyclic) bond motifs is 3. The van der Waals surface area contributed by atoms with Crippen LogP contribution in [0.25, 0.3) is 10.8 Å². The van der Waals surface area contributed by atoms with Crippen LogP contribution >= 0.6 is 0 Å². The molecule has 1 unspecified atom stereocenters. The normalized spacial score (nSPS) is 15.9. The first-order chi connectivity index (χ1) is 11.8. The smallest absolute Gasteiger partial charge is 0.261 e. The summed E-state index contributed by atoms with van der Waals surface area (Å²) in [5.41, 5.74) is 1.13. The van der Waals surface area contributed by atoms with Crippen molar-refractivity contribution in [1.82, 2.24) is 14.9 Å². The molecule has 1 aromatic heterocycles. The lowest BCUT2D eigenvalue weighted by Crippen LogP contribution is -2.38. The number of carbonyl (C=O) groups is 1. The van der Waals surface area contributed by atoms with Gasteiger partial charge >= 0.3 is 0 Å². The van der Waals surface area contributed by atoms with E-state index in [1.807, 2.05) is 35.0 Å². The second-order valence-corrected chi connectivity index (χ2v) is 6.02. The first-order valence-corrected chi connectivity index (χ1v) is 8.22. The molecule has 0 saturated carbocycles. The monoisotopic (exact) mass is 321 g/mol. The Bertz CT molecular complexity index is 858. The van der Waals surface area contributed by atoms with Gasteiger partial charge in [0, 0.05) is 37.5 Å². The summed E-state index contributed by atoms with van der Waals surface area (Å²) in [5.74, 6) is 0.785. The van der Waals surface area contributed by atoms with Crippen molar-refractivity contribution in [3.8, 4) is 5.75 Å². The van der Waals surface area contributed by atoms with Gasteiger partial charge in [0.25, 0.3) is 5.91 Å². The number of hydrogen-bond donors (Lipinski definition) is 1. The molecule has 1 atom stereocenters. The molecule has 24 heavy (non-hydrogen) atoms. The third-order valence-electron chi connectivity index (χ3n) is 4.40. The van der Waals surface area contributed by atoms with Crippen LogP contribution < -0.4 is 10.1 Å². The van der Waals surface area contributed by atoms with Crippen molar-refractivity contribution < 1.29 is 9.53 Å². The molecule has 0 aliphatic carbocycles. The standard InChI is InChI=1S/C19H19N3O2/c23-19(21-8-3-10-22-11-9-20-13-22)18-12-16-15-5-2-1-4-14(15)6-7-17(16)24-18/h1-2,4-7,9,11,13,18H,3,8,10,12H2,(H,21,23). The van der Waals surface area contributed by atoms with Crippen LogP contribution in [0.4, 0.5) is 0 Å². The first kappa shape index (κ1) is 14.8. The highest BCUT2D eigenvalue weighted by atomic mass is 16.5. The summed E-state index contributed by atoms with van der Waals surface area (Å²) in [5, 5.41) is 5.33. The number of aromatic nitrogens is 2. The molecule has 1 amide bonds. The molecule has 122 valence electrons. The molecule has 4 rings (SSSR count). The molecule has 0 saturated heterocycles. The predicted molar refractivity (Wildman–Crippen MR) is 91.9 cm³/mol. The lowest BCUT2D eigenvalue weighted by Gasteiger charge is -2.11. The lowest BCUT2D eigenvalue weighted by molar-refractivity contribution is -0.127. The van der Waals surface area contributed by atoms with Gasteiger partial charge in [-0.15, -0.1) is 0 Å². The average Bonchev–Trinajstić information content (AvgIpc) is 3.28. The number of carbonyl (C=O) groups excluding carboxylic acids is 1. The van der Waals surface area contributed by atoms with Crippen LogP contribution in [0.3, 0.4) is 0 Å². The Morgan fingerprint density at radius 3 is 3.08 bits per heavy atom. The van der Waals surface area contributed by atoms with Crippen molar-refractivity contribution in [2.24, 2.45) is 0 Å². The number of hydrogen-bond acceptors (Lipinski definition) is 3. The first-order valence-electron chi connectivity index (χ1n) is 8.22. The van der Waals surface area contributed by atoms with Gasteiger partial charge in [-0.05, 0) is 23.3 Å². The molecule has 0 spiro atoms. The second kappa shape index (κ2) is 6.35. The number of aryl methyl sites for hydroxylation is 1. The lowest BCUT2D eigenvalue weighted by atomic mass is 10.0. The van der Waals surface area contributed by atoms with Gasteiger partial charge in [-0.1, -0.05) is 30.3 Å². The zero-order chi connectivity index (χ0) is 16.4. The quantitative estimate of drug-likeness (QED) is 0.735. The Morgan fingerprint density at radius 1 is 1.29 bits per heavy atom. The molecule has 1 aliphatic rings. The van der Waals surface area contributed by atoms with Crippen molar-refractivity contribution in [3.63, 3.8) is 0 Å². The molecule has 5 heteroatoms. The fourth-order valence-corrected chi connectivity index (χ4v) is 3.17. The Morgan fingerprint density at radius 2 is 2.21 bits per heavy atom. The van der Waals surface area contributed by atoms with Crippen molar-refractivity contribution in [3.05, 3.63) is 60.7 Å². The van der Waals surface area contributed by atoms with Gasteiger partial charge in [-0.2, -0.15) is 0 Å². The van der Waals surface area contributed by atoms with Crippen LogP contribution in [0.5, 0.6) is 5.75 Å². The number of amides is 1. The maximum Gasteiger partial charge on any atom is 0.261 e. The van der Waals surface area contributed by atoms with E-state index in [1.54, 1.807) is 12.5 Å². The van der Waals surface area contributed by atoms with Crippen LogP contribution in [0.15, 0.2) is 55.1 Å². The SMILES string of the molecule is O=C(NCCCn1ccnc1)C1Cc2c(ccc3ccccc23)O1. The fourth-order valence-electron chi connectivity index (χ4n) is 3.17. The van der Waals surface area contributed by atoms with E-state index in [4.69, 9.17) is 4.74 Å². The van der Waals surface area contributed by atoms with E-state index in [-0.39, 0.29) is 5.91 Å². The molecule has 0 bridgehead atoms. The van der Waals surface area contributed by atoms with Gasteiger partial charge in [0.1, 0.15) is 5.75 Å². The molecule has 2 aromatic carbocycles. The Labute approximate surface area is 140 Å². The molecule has 0 radical (unpaired) electrons. The number of nitrogens with one attached hydrogen (secondary N) is 1. The molecule has 3 aromatic rings. The average molecular weight is 321 g/mol. The van der Waals surface area contributed by atoms with Crippen LogP contribution in [0.1, 0.15) is 12.0 Å². The van der Waals surface area contributed by atoms with Gasteiger partial charge in [0.2, 0.25) is 0 Å². The molecular weight excluding hydrogens is 302 g/mol. The van der Waals surface area contributed by atoms with Crippen molar-refractivity contribution in [2.75, 3.05) is 6.54 Å². The summed E-state index contributed by atoms with van der Waals surface area (Å²) in [4.78, 5) is 16.4. The molecule has 5 nitrogen and oxygen atoms in total. The number of nitrogens with zero attached hydrogens (tertiary/aromatic N) is 2. The predicted octanol–water partition coefficient (Wildman–Crippen LogP) is 2.55. The molecule has 1 aliphatic heterocycles. The maximum absolute atomic E-state index is 12.4. The van der Waals surface area contributed by atoms with Crippen molar-refractivity contribution in [1.29, 1.82) is 0 Å². The summed E-state index contributed by atoms with van der Waals surface area (Å²) < 4.78 is 7.85. The zero-order valence-corrected chi connectivity index (χ0v) is 13.3. The van der Waals surface area contributed by atoms with E-state index in [2.05, 4.69) is 22.4 Å². The fraction of sp³-hybridized carbons (Fsp3) is 0.263. The summed E-state index contributed by atoms with van der Waals surface area (Å²) in [6.45, 7) is 1.48. The van der Waals surface area contributed by atoms with E-state index < -0.39 is 6.10 Å². The minimum Gasteiger partial charge on any atom is -0.480 e. The van der Waals surface area contributed by atoms with E-state index >= 15 is 0 Å². The van der Waals surface area contributed by atoms with Gasteiger partial charge in [0.15, 0.2) is 6.10 Å². The molecule has 2 heterocycles. The van der Waals surface area contributed by atoms with Gasteiger partial charge in [-0.25, -0.2) is 4.98 Å². The van der Waals surface area contributed by atoms with Crippen LogP contribution in [-0.2, 0) is 17.8 Å². The van der Waals surface area contributed by atoms with E-state index in [0.717, 1.165) is 24.3 Å². The zero-order valence-electron chi connectivity index (χ0n) is 13.3. The van der Waals surface area contributed by atoms with E-state index in [9.17, 15) is 4.79 Å². The maximum atomic E-state index is 12.4. The minimum absolute atomic E-state index is 0.0408. The van der Waals surface area contributed by atoms with E-state index in [0.29, 0.717) is 13.0 Å². The Hall–Kier alpha value is -2.82. The summed E-state index contributed by atoms with van der Waals surface area (Å²) in [6, 6.07) is 12.2. The van der Waals surface area contributed by atoms with Crippen molar-refractivity contribution in [2.45, 2.75) is 25.5 Å². The van der Waals surface area contributed by atoms with Gasteiger partial charge in [0.05, 0.1) is 6.33 Å². The highest BCUT2D eigenvalue weighted by Crippen LogP contribution is 2.34. The van der Waals surface area contributed by atoms with E-state index in [1.165, 1.54) is 10.8 Å². The van der Waals surface area contributed by atoms with Crippen LogP contribution in [-0.4, -0.2) is 28.1 Å².